The lowest BCUT2D eigenvalue weighted by atomic mass is 9.78. The quantitative estimate of drug-likeness (QED) is 0.0331. The van der Waals surface area contributed by atoms with Gasteiger partial charge >= 0.3 is 0 Å². The Bertz CT molecular complexity index is 4010. The molecule has 0 aliphatic heterocycles. The van der Waals surface area contributed by atoms with Gasteiger partial charge in [0.2, 0.25) is 59.0 Å². The summed E-state index contributed by atoms with van der Waals surface area (Å²) in [5, 5.41) is 0. The van der Waals surface area contributed by atoms with Crippen LogP contribution in [0.5, 0.6) is 46.0 Å². The average molecular weight is 1700 g/mol. The Hall–Kier alpha value is -6.00. The lowest BCUT2D eigenvalue weighted by Gasteiger charge is -2.27. The molecule has 112 heavy (non-hydrogen) atoms. The number of hydrogen-bond acceptors (Lipinski definition) is 16. The van der Waals surface area contributed by atoms with Crippen LogP contribution in [0, 0.1) is 0 Å². The van der Waals surface area contributed by atoms with Crippen LogP contribution in [0.1, 0.15) is 175 Å². The molecular weight excluding hydrogens is 1560 g/mol. The van der Waals surface area contributed by atoms with Crippen LogP contribution in [0.4, 0.5) is 0 Å². The van der Waals surface area contributed by atoms with Gasteiger partial charge in [-0.2, -0.15) is 0 Å². The van der Waals surface area contributed by atoms with Gasteiger partial charge in [0.15, 0.2) is 0 Å². The van der Waals surface area contributed by atoms with E-state index >= 15 is 0 Å². The Labute approximate surface area is 675 Å². The molecule has 0 atom stereocenters. The first-order valence-electron chi connectivity index (χ1n) is 39.5. The van der Waals surface area contributed by atoms with Crippen molar-refractivity contribution in [3.05, 3.63) is 229 Å². The summed E-state index contributed by atoms with van der Waals surface area (Å²) in [5.74, 6) is 5.28. The topological polar surface area (TPSA) is 210 Å². The fourth-order valence-electron chi connectivity index (χ4n) is 10.3. The molecule has 0 saturated heterocycles. The minimum Gasteiger partial charge on any atom is -0.443 e. The van der Waals surface area contributed by atoms with Gasteiger partial charge in [0.05, 0.1) is 0 Å². The number of benzene rings is 8. The van der Waals surface area contributed by atoms with Crippen molar-refractivity contribution in [1.82, 2.24) is 0 Å². The third kappa shape index (κ3) is 34.8. The SMILES string of the molecule is C.CCC.CCP(=O)(CC)Oc1ccc(-c2ccc(OP(=O)(CC)CC)cc2)cc1.CCP(=O)(CC)Oc1ccc(C(C)(C)c2ccc(OP(=O)(CC)CC)cc2)cc1.CCP(=O)(CC)Oc1ccc(Cc2ccc(OP(=O)(CC)CC)cc2)cc1.CCP(=O)(CC)Oc1ccccc1.CCP(=O)(CC)Oc1ccccc1. The molecule has 24 heteroatoms. The van der Waals surface area contributed by atoms with Gasteiger partial charge < -0.3 is 36.2 Å². The molecule has 0 aliphatic rings. The molecule has 0 amide bonds. The molecule has 0 aliphatic carbocycles. The largest absolute Gasteiger partial charge is 0.443 e. The molecule has 8 rings (SSSR count). The molecule has 0 unspecified atom stereocenters. The molecule has 8 aromatic carbocycles. The molecule has 0 fully saturated rings. The predicted octanol–water partition coefficient (Wildman–Crippen LogP) is 29.6. The molecule has 0 N–H and O–H groups in total. The Balaban J connectivity index is 0.000000484. The van der Waals surface area contributed by atoms with E-state index in [1.54, 1.807) is 0 Å². The van der Waals surface area contributed by atoms with E-state index in [0.29, 0.717) is 145 Å². The van der Waals surface area contributed by atoms with E-state index in [2.05, 4.69) is 27.7 Å². The van der Waals surface area contributed by atoms with Gasteiger partial charge in [-0.1, -0.05) is 262 Å². The number of hydrogen-bond donors (Lipinski definition) is 0. The van der Waals surface area contributed by atoms with Crippen LogP contribution in [-0.4, -0.2) is 98.6 Å². The normalized spacial score (nSPS) is 11.7. The first kappa shape index (κ1) is 102. The standard InChI is InChI=1S/C23H34O4P2.C21H30O4P2.C20H28O4P2.2C10H15O2P.C3H8.CH4/c1-7-28(24,8-2)26-21-15-11-19(12-16-21)23(5,6)20-13-17-22(18-14-20)27-29(25,9-3)10-4;1-5-26(22,6-2)24-20-13-9-18(10-14-20)17-19-11-15-21(16-12-19)25-27(23,7-3)8-4;1-5-25(21,6-2)23-19-13-9-17(10-14-19)18-11-15-20(16-12-18)24-26(22,7-3)8-4;2*1-3-13(11,4-2)12-10-8-6-5-7-9-10;1-3-2;/h11-18H,7-10H2,1-6H3;9-16H,5-8,17H2,1-4H3;9-16H,5-8H2,1-4H3;2*5-9H,3-4H2,1-2H3;3H2,1-2H3;1H4. The van der Waals surface area contributed by atoms with Gasteiger partial charge in [-0.25, -0.2) is 0 Å². The van der Waals surface area contributed by atoms with Gasteiger partial charge in [-0.15, -0.1) is 0 Å². The van der Waals surface area contributed by atoms with E-state index < -0.39 is 59.0 Å². The van der Waals surface area contributed by atoms with E-state index in [0.717, 1.165) is 39.8 Å². The van der Waals surface area contributed by atoms with Crippen molar-refractivity contribution in [3.8, 4) is 57.1 Å². The summed E-state index contributed by atoms with van der Waals surface area (Å²) in [6, 6.07) is 65.0. The lowest BCUT2D eigenvalue weighted by Crippen LogP contribution is -2.18. The summed E-state index contributed by atoms with van der Waals surface area (Å²) in [7, 11) is -20.2. The Kier molecular flexibility index (Phi) is 46.0. The Morgan fingerprint density at radius 3 is 0.518 bits per heavy atom. The summed E-state index contributed by atoms with van der Waals surface area (Å²) < 4.78 is 144. The van der Waals surface area contributed by atoms with Crippen LogP contribution >= 0.6 is 59.0 Å². The highest BCUT2D eigenvalue weighted by Gasteiger charge is 2.28. The Morgan fingerprint density at radius 2 is 0.357 bits per heavy atom. The molecule has 0 aromatic heterocycles. The summed E-state index contributed by atoms with van der Waals surface area (Å²) in [6.45, 7) is 38.9. The van der Waals surface area contributed by atoms with Gasteiger partial charge in [-0.3, -0.25) is 36.5 Å². The van der Waals surface area contributed by atoms with Crippen LogP contribution in [0.25, 0.3) is 11.1 Å². The monoisotopic (exact) mass is 1690 g/mol. The first-order valence-corrected chi connectivity index (χ1v) is 55.5. The van der Waals surface area contributed by atoms with Crippen molar-refractivity contribution >= 4 is 59.0 Å². The molecule has 0 heterocycles. The molecular formula is C88H134O16P8. The van der Waals surface area contributed by atoms with Crippen LogP contribution < -0.4 is 36.2 Å². The first-order chi connectivity index (χ1) is 52.6. The summed E-state index contributed by atoms with van der Waals surface area (Å²) >= 11 is 0. The van der Waals surface area contributed by atoms with Crippen LogP contribution in [0.2, 0.25) is 0 Å². The highest BCUT2D eigenvalue weighted by atomic mass is 31.2. The van der Waals surface area contributed by atoms with Gasteiger partial charge in [0, 0.05) is 104 Å². The molecule has 0 radical (unpaired) electrons. The van der Waals surface area contributed by atoms with E-state index in [1.165, 1.54) is 6.42 Å². The molecule has 0 spiro atoms. The van der Waals surface area contributed by atoms with Crippen molar-refractivity contribution in [2.24, 2.45) is 0 Å². The van der Waals surface area contributed by atoms with Gasteiger partial charge in [0.1, 0.15) is 46.0 Å². The molecule has 622 valence electrons. The second-order valence-electron chi connectivity index (χ2n) is 26.8. The van der Waals surface area contributed by atoms with Crippen LogP contribution in [0.3, 0.4) is 0 Å². The van der Waals surface area contributed by atoms with Crippen LogP contribution in [-0.2, 0) is 48.4 Å². The van der Waals surface area contributed by atoms with Crippen molar-refractivity contribution in [3.63, 3.8) is 0 Å². The minimum absolute atomic E-state index is 0. The summed E-state index contributed by atoms with van der Waals surface area (Å²) in [4.78, 5) is 0. The number of rotatable bonds is 37. The van der Waals surface area contributed by atoms with Crippen molar-refractivity contribution in [2.45, 2.75) is 164 Å². The van der Waals surface area contributed by atoms with E-state index in [4.69, 9.17) is 36.2 Å². The second-order valence-corrected chi connectivity index (χ2v) is 51.4. The average Bonchev–Trinajstić information content (AvgIpc) is 0.798. The van der Waals surface area contributed by atoms with Gasteiger partial charge in [0.25, 0.3) is 0 Å². The second kappa shape index (κ2) is 50.5. The predicted molar refractivity (Wildman–Crippen MR) is 483 cm³/mol. The third-order valence-corrected chi connectivity index (χ3v) is 38.6. The van der Waals surface area contributed by atoms with E-state index in [-0.39, 0.29) is 12.8 Å². The lowest BCUT2D eigenvalue weighted by molar-refractivity contribution is 0.482. The van der Waals surface area contributed by atoms with Crippen molar-refractivity contribution in [2.75, 3.05) is 98.6 Å². The van der Waals surface area contributed by atoms with Crippen LogP contribution in [0.15, 0.2) is 206 Å². The maximum atomic E-state index is 12.5. The zero-order valence-electron chi connectivity index (χ0n) is 70.0. The third-order valence-electron chi connectivity index (χ3n) is 18.8. The minimum atomic E-state index is -2.58. The van der Waals surface area contributed by atoms with Crippen molar-refractivity contribution < 1.29 is 72.7 Å². The highest BCUT2D eigenvalue weighted by Crippen LogP contribution is 2.53. The van der Waals surface area contributed by atoms with E-state index in [9.17, 15) is 36.5 Å². The number of para-hydroxylation sites is 2. The molecule has 0 bridgehead atoms. The summed E-state index contributed by atoms with van der Waals surface area (Å²) in [6.07, 6.45) is 10.9. The molecule has 0 saturated carbocycles. The zero-order chi connectivity index (χ0) is 83.0. The fourth-order valence-corrected chi connectivity index (χ4v) is 20.0. The van der Waals surface area contributed by atoms with Crippen molar-refractivity contribution in [1.29, 1.82) is 0 Å². The van der Waals surface area contributed by atoms with Gasteiger partial charge in [-0.05, 0) is 137 Å². The Morgan fingerprint density at radius 1 is 0.214 bits per heavy atom. The van der Waals surface area contributed by atoms with E-state index in [1.807, 2.05) is 317 Å². The molecule has 8 aromatic rings. The zero-order valence-corrected chi connectivity index (χ0v) is 77.1. The summed E-state index contributed by atoms with van der Waals surface area (Å²) in [5.41, 5.74) is 6.39. The maximum Gasteiger partial charge on any atom is 0.247 e. The fraction of sp³-hybridized carbons (Fsp3) is 0.455. The molecule has 16 nitrogen and oxygen atoms in total. The maximum absolute atomic E-state index is 12.5. The highest BCUT2D eigenvalue weighted by molar-refractivity contribution is 7.61. The smallest absolute Gasteiger partial charge is 0.247 e.